The molecular formula is C18H22N4OS. The van der Waals surface area contributed by atoms with Gasteiger partial charge >= 0.3 is 6.03 Å². The summed E-state index contributed by atoms with van der Waals surface area (Å²) in [5.41, 5.74) is 7.60. The Hall–Kier alpha value is -2.18. The van der Waals surface area contributed by atoms with Gasteiger partial charge in [0.1, 0.15) is 0 Å². The quantitative estimate of drug-likeness (QED) is 0.662. The lowest BCUT2D eigenvalue weighted by atomic mass is 10.2. The number of anilines is 1. The Bertz CT molecular complexity index is 654. The van der Waals surface area contributed by atoms with Crippen molar-refractivity contribution in [3.05, 3.63) is 60.2 Å². The predicted octanol–water partition coefficient (Wildman–Crippen LogP) is 2.80. The minimum Gasteiger partial charge on any atom is -0.399 e. The Labute approximate surface area is 147 Å². The summed E-state index contributed by atoms with van der Waals surface area (Å²) >= 11 is 1.72. The zero-order valence-electron chi connectivity index (χ0n) is 13.5. The van der Waals surface area contributed by atoms with Crippen molar-refractivity contribution in [2.45, 2.75) is 11.4 Å². The number of benzene rings is 2. The van der Waals surface area contributed by atoms with Crippen LogP contribution in [0.25, 0.3) is 0 Å². The molecule has 0 aliphatic carbocycles. The molecule has 2 amide bonds. The van der Waals surface area contributed by atoms with Crippen molar-refractivity contribution >= 4 is 23.7 Å². The summed E-state index contributed by atoms with van der Waals surface area (Å²) in [4.78, 5) is 15.3. The van der Waals surface area contributed by atoms with E-state index in [2.05, 4.69) is 9.62 Å². The molecule has 1 heterocycles. The fourth-order valence-electron chi connectivity index (χ4n) is 2.55. The normalized spacial score (nSPS) is 15.2. The molecule has 0 bridgehead atoms. The highest BCUT2D eigenvalue weighted by atomic mass is 32.2. The zero-order valence-corrected chi connectivity index (χ0v) is 14.3. The molecule has 1 aliphatic heterocycles. The van der Waals surface area contributed by atoms with Crippen LogP contribution in [0.5, 0.6) is 0 Å². The SMILES string of the molecule is Nc1ccc(SN2CCN(C(=O)NCc3ccccc3)CC2)cc1. The van der Waals surface area contributed by atoms with Gasteiger partial charge in [0, 0.05) is 43.3 Å². The Morgan fingerprint density at radius 3 is 2.33 bits per heavy atom. The van der Waals surface area contributed by atoms with Crippen LogP contribution in [0.4, 0.5) is 10.5 Å². The van der Waals surface area contributed by atoms with Crippen LogP contribution in [-0.4, -0.2) is 41.4 Å². The third-order valence-corrected chi connectivity index (χ3v) is 5.03. The fraction of sp³-hybridized carbons (Fsp3) is 0.278. The van der Waals surface area contributed by atoms with E-state index in [4.69, 9.17) is 5.73 Å². The summed E-state index contributed by atoms with van der Waals surface area (Å²) in [6, 6.07) is 17.9. The molecule has 0 unspecified atom stereocenters. The number of hydrogen-bond acceptors (Lipinski definition) is 4. The fourth-order valence-corrected chi connectivity index (χ4v) is 3.45. The number of nitrogens with one attached hydrogen (secondary N) is 1. The average Bonchev–Trinajstić information content (AvgIpc) is 2.63. The Balaban J connectivity index is 1.42. The van der Waals surface area contributed by atoms with Gasteiger partial charge in [0.25, 0.3) is 0 Å². The molecule has 24 heavy (non-hydrogen) atoms. The number of hydrogen-bond donors (Lipinski definition) is 2. The molecule has 0 radical (unpaired) electrons. The number of nitrogens with two attached hydrogens (primary N) is 1. The second-order valence-corrected chi connectivity index (χ2v) is 6.89. The minimum absolute atomic E-state index is 0.0102. The summed E-state index contributed by atoms with van der Waals surface area (Å²) < 4.78 is 2.28. The van der Waals surface area contributed by atoms with E-state index in [1.165, 1.54) is 4.90 Å². The molecule has 1 fully saturated rings. The molecule has 5 nitrogen and oxygen atoms in total. The summed E-state index contributed by atoms with van der Waals surface area (Å²) in [6.07, 6.45) is 0. The van der Waals surface area contributed by atoms with E-state index in [1.54, 1.807) is 11.9 Å². The highest BCUT2D eigenvalue weighted by Crippen LogP contribution is 2.24. The van der Waals surface area contributed by atoms with Gasteiger partial charge in [-0.1, -0.05) is 30.3 Å². The molecule has 126 valence electrons. The van der Waals surface area contributed by atoms with Crippen molar-refractivity contribution in [3.8, 4) is 0 Å². The average molecular weight is 342 g/mol. The number of amides is 2. The molecule has 1 aliphatic rings. The van der Waals surface area contributed by atoms with Crippen molar-refractivity contribution in [1.29, 1.82) is 0 Å². The standard InChI is InChI=1S/C18H22N4OS/c19-16-6-8-17(9-7-16)24-22-12-10-21(11-13-22)18(23)20-14-15-4-2-1-3-5-15/h1-9H,10-14,19H2,(H,20,23). The first-order chi connectivity index (χ1) is 11.7. The molecule has 0 atom stereocenters. The monoisotopic (exact) mass is 342 g/mol. The van der Waals surface area contributed by atoms with Crippen LogP contribution in [0, 0.1) is 0 Å². The first kappa shape index (κ1) is 16.7. The van der Waals surface area contributed by atoms with Gasteiger partial charge in [0.15, 0.2) is 0 Å². The van der Waals surface area contributed by atoms with Crippen molar-refractivity contribution in [2.75, 3.05) is 31.9 Å². The maximum absolute atomic E-state index is 12.2. The molecule has 6 heteroatoms. The summed E-state index contributed by atoms with van der Waals surface area (Å²) in [5, 5.41) is 2.99. The first-order valence-electron chi connectivity index (χ1n) is 8.06. The lowest BCUT2D eigenvalue weighted by Crippen LogP contribution is -2.49. The number of carbonyl (C=O) groups excluding carboxylic acids is 1. The predicted molar refractivity (Wildman–Crippen MR) is 98.5 cm³/mol. The molecule has 1 saturated heterocycles. The summed E-state index contributed by atoms with van der Waals surface area (Å²) in [5.74, 6) is 0. The molecular weight excluding hydrogens is 320 g/mol. The van der Waals surface area contributed by atoms with Gasteiger partial charge in [-0.15, -0.1) is 0 Å². The Morgan fingerprint density at radius 1 is 1.00 bits per heavy atom. The number of nitrogen functional groups attached to an aromatic ring is 1. The number of carbonyl (C=O) groups is 1. The number of nitrogens with zero attached hydrogens (tertiary/aromatic N) is 2. The van der Waals surface area contributed by atoms with E-state index in [1.807, 2.05) is 59.5 Å². The van der Waals surface area contributed by atoms with Crippen LogP contribution in [0.15, 0.2) is 59.5 Å². The van der Waals surface area contributed by atoms with Gasteiger partial charge in [-0.3, -0.25) is 0 Å². The van der Waals surface area contributed by atoms with Crippen molar-refractivity contribution < 1.29 is 4.79 Å². The Morgan fingerprint density at radius 2 is 1.67 bits per heavy atom. The second kappa shape index (κ2) is 8.08. The van der Waals surface area contributed by atoms with Gasteiger partial charge in [0.2, 0.25) is 0 Å². The molecule has 3 rings (SSSR count). The molecule has 2 aromatic carbocycles. The first-order valence-corrected chi connectivity index (χ1v) is 8.83. The maximum atomic E-state index is 12.2. The minimum atomic E-state index is 0.0102. The van der Waals surface area contributed by atoms with Crippen LogP contribution in [-0.2, 0) is 6.54 Å². The zero-order chi connectivity index (χ0) is 16.8. The topological polar surface area (TPSA) is 61.6 Å². The molecule has 3 N–H and O–H groups in total. The van der Waals surface area contributed by atoms with Crippen molar-refractivity contribution in [1.82, 2.24) is 14.5 Å². The lowest BCUT2D eigenvalue weighted by molar-refractivity contribution is 0.175. The van der Waals surface area contributed by atoms with Gasteiger partial charge in [-0.25, -0.2) is 9.10 Å². The van der Waals surface area contributed by atoms with E-state index >= 15 is 0 Å². The van der Waals surface area contributed by atoms with Gasteiger partial charge < -0.3 is 16.0 Å². The van der Waals surface area contributed by atoms with E-state index < -0.39 is 0 Å². The number of piperazine rings is 1. The third kappa shape index (κ3) is 4.66. The summed E-state index contributed by atoms with van der Waals surface area (Å²) in [6.45, 7) is 3.76. The van der Waals surface area contributed by atoms with E-state index in [0.29, 0.717) is 6.54 Å². The van der Waals surface area contributed by atoms with Crippen LogP contribution in [0.2, 0.25) is 0 Å². The molecule has 2 aromatic rings. The largest absolute Gasteiger partial charge is 0.399 e. The third-order valence-electron chi connectivity index (χ3n) is 3.93. The lowest BCUT2D eigenvalue weighted by Gasteiger charge is -2.33. The van der Waals surface area contributed by atoms with Gasteiger partial charge in [0.05, 0.1) is 0 Å². The number of rotatable bonds is 4. The highest BCUT2D eigenvalue weighted by molar-refractivity contribution is 7.97. The second-order valence-electron chi connectivity index (χ2n) is 5.72. The van der Waals surface area contributed by atoms with Crippen LogP contribution >= 0.6 is 11.9 Å². The Kier molecular flexibility index (Phi) is 5.61. The molecule has 0 spiro atoms. The van der Waals surface area contributed by atoms with E-state index in [9.17, 15) is 4.79 Å². The smallest absolute Gasteiger partial charge is 0.317 e. The summed E-state index contributed by atoms with van der Waals surface area (Å²) in [7, 11) is 0. The van der Waals surface area contributed by atoms with Gasteiger partial charge in [-0.2, -0.15) is 0 Å². The highest BCUT2D eigenvalue weighted by Gasteiger charge is 2.21. The maximum Gasteiger partial charge on any atom is 0.317 e. The van der Waals surface area contributed by atoms with E-state index in [0.717, 1.165) is 37.4 Å². The molecule has 0 aromatic heterocycles. The van der Waals surface area contributed by atoms with Gasteiger partial charge in [-0.05, 0) is 41.8 Å². The molecule has 0 saturated carbocycles. The number of urea groups is 1. The van der Waals surface area contributed by atoms with Crippen molar-refractivity contribution in [2.24, 2.45) is 0 Å². The van der Waals surface area contributed by atoms with Crippen LogP contribution in [0.3, 0.4) is 0 Å². The van der Waals surface area contributed by atoms with Crippen molar-refractivity contribution in [3.63, 3.8) is 0 Å². The van der Waals surface area contributed by atoms with E-state index in [-0.39, 0.29) is 6.03 Å². The van der Waals surface area contributed by atoms with Crippen LogP contribution in [0.1, 0.15) is 5.56 Å². The van der Waals surface area contributed by atoms with Crippen LogP contribution < -0.4 is 11.1 Å².